The number of nitrogens with zero attached hydrogens (tertiary/aromatic N) is 2. The van der Waals surface area contributed by atoms with Gasteiger partial charge in [0, 0.05) is 33.2 Å². The number of rotatable bonds is 4. The molecule has 0 heterocycles. The fourth-order valence-electron chi connectivity index (χ4n) is 4.78. The second kappa shape index (κ2) is 7.90. The zero-order chi connectivity index (χ0) is 23.3. The Labute approximate surface area is 205 Å². The number of nitro groups is 2. The smallest absolute Gasteiger partial charge is 0.258 e. The van der Waals surface area contributed by atoms with Gasteiger partial charge in [0.1, 0.15) is 0 Å². The number of nitro benzene ring substituents is 2. The Morgan fingerprint density at radius 2 is 1.18 bits per heavy atom. The van der Waals surface area contributed by atoms with Crippen LogP contribution in [0.25, 0.3) is 11.1 Å². The molecule has 4 aromatic carbocycles. The van der Waals surface area contributed by atoms with Gasteiger partial charge in [-0.05, 0) is 45.5 Å². The van der Waals surface area contributed by atoms with Gasteiger partial charge in [-0.15, -0.1) is 0 Å². The Hall–Kier alpha value is -3.36. The summed E-state index contributed by atoms with van der Waals surface area (Å²) in [6.07, 6.45) is 0. The highest BCUT2D eigenvalue weighted by molar-refractivity contribution is 9.11. The third-order valence-electron chi connectivity index (χ3n) is 6.07. The van der Waals surface area contributed by atoms with Crippen molar-refractivity contribution in [1.82, 2.24) is 0 Å². The number of benzene rings is 4. The lowest BCUT2D eigenvalue weighted by molar-refractivity contribution is -0.385. The van der Waals surface area contributed by atoms with Gasteiger partial charge in [0.25, 0.3) is 11.4 Å². The largest absolute Gasteiger partial charge is 0.269 e. The molecule has 0 saturated heterocycles. The molecule has 4 aromatic rings. The minimum Gasteiger partial charge on any atom is -0.258 e. The predicted molar refractivity (Wildman–Crippen MR) is 132 cm³/mol. The van der Waals surface area contributed by atoms with Gasteiger partial charge in [-0.25, -0.2) is 0 Å². The Morgan fingerprint density at radius 3 is 1.70 bits per heavy atom. The number of fused-ring (bicyclic) bond motifs is 3. The average Bonchev–Trinajstić information content (AvgIpc) is 3.11. The van der Waals surface area contributed by atoms with Gasteiger partial charge in [-0.1, -0.05) is 80.4 Å². The molecule has 1 aliphatic rings. The molecular formula is C25H14Br2N2O4. The van der Waals surface area contributed by atoms with E-state index in [1.807, 2.05) is 30.3 Å². The molecule has 0 radical (unpaired) electrons. The van der Waals surface area contributed by atoms with Gasteiger partial charge >= 0.3 is 0 Å². The van der Waals surface area contributed by atoms with Gasteiger partial charge in [0.2, 0.25) is 0 Å². The molecule has 0 unspecified atom stereocenters. The van der Waals surface area contributed by atoms with Gasteiger partial charge in [0.05, 0.1) is 15.3 Å². The molecule has 162 valence electrons. The fraction of sp³-hybridized carbons (Fsp3) is 0.0400. The summed E-state index contributed by atoms with van der Waals surface area (Å²) in [6, 6.07) is 25.1. The van der Waals surface area contributed by atoms with E-state index in [2.05, 4.69) is 37.9 Å². The summed E-state index contributed by atoms with van der Waals surface area (Å²) in [6.45, 7) is 0. The molecule has 8 heteroatoms. The van der Waals surface area contributed by atoms with Gasteiger partial charge in [0.15, 0.2) is 0 Å². The second-order valence-electron chi connectivity index (χ2n) is 7.71. The van der Waals surface area contributed by atoms with Crippen LogP contribution in [-0.4, -0.2) is 9.85 Å². The molecule has 0 bridgehead atoms. The van der Waals surface area contributed by atoms with E-state index in [0.29, 0.717) is 0 Å². The summed E-state index contributed by atoms with van der Waals surface area (Å²) in [7, 11) is 0. The van der Waals surface area contributed by atoms with E-state index in [1.165, 1.54) is 24.3 Å². The lowest BCUT2D eigenvalue weighted by Gasteiger charge is -2.34. The normalized spacial score (nSPS) is 13.3. The molecule has 0 fully saturated rings. The zero-order valence-electron chi connectivity index (χ0n) is 16.9. The molecule has 0 atom stereocenters. The van der Waals surface area contributed by atoms with Crippen molar-refractivity contribution in [2.24, 2.45) is 0 Å². The van der Waals surface area contributed by atoms with Crippen molar-refractivity contribution in [3.8, 4) is 11.1 Å². The molecule has 0 amide bonds. The first-order chi connectivity index (χ1) is 15.8. The van der Waals surface area contributed by atoms with Gasteiger partial charge in [-0.2, -0.15) is 0 Å². The minimum absolute atomic E-state index is 0.000947. The summed E-state index contributed by atoms with van der Waals surface area (Å²) in [5, 5.41) is 22.6. The highest BCUT2D eigenvalue weighted by Gasteiger charge is 2.47. The van der Waals surface area contributed by atoms with Crippen LogP contribution >= 0.6 is 31.9 Å². The maximum atomic E-state index is 11.3. The van der Waals surface area contributed by atoms with E-state index in [9.17, 15) is 20.2 Å². The first-order valence-corrected chi connectivity index (χ1v) is 11.5. The Morgan fingerprint density at radius 1 is 0.667 bits per heavy atom. The maximum Gasteiger partial charge on any atom is 0.269 e. The van der Waals surface area contributed by atoms with Crippen LogP contribution in [0.1, 0.15) is 22.3 Å². The summed E-state index contributed by atoms with van der Waals surface area (Å²) < 4.78 is 1.77. The van der Waals surface area contributed by atoms with E-state index < -0.39 is 15.3 Å². The van der Waals surface area contributed by atoms with Crippen molar-refractivity contribution in [3.05, 3.63) is 136 Å². The molecule has 6 nitrogen and oxygen atoms in total. The van der Waals surface area contributed by atoms with Crippen molar-refractivity contribution in [2.45, 2.75) is 5.41 Å². The molecule has 33 heavy (non-hydrogen) atoms. The quantitative estimate of drug-likeness (QED) is 0.168. The first-order valence-electron chi connectivity index (χ1n) is 9.93. The van der Waals surface area contributed by atoms with Gasteiger partial charge < -0.3 is 0 Å². The van der Waals surface area contributed by atoms with E-state index in [4.69, 9.17) is 0 Å². The predicted octanol–water partition coefficient (Wildman–Crippen LogP) is 7.39. The van der Waals surface area contributed by atoms with E-state index in [1.54, 1.807) is 24.3 Å². The summed E-state index contributed by atoms with van der Waals surface area (Å²) in [5.74, 6) is 0. The summed E-state index contributed by atoms with van der Waals surface area (Å²) >= 11 is 7.34. The van der Waals surface area contributed by atoms with Gasteiger partial charge in [-0.3, -0.25) is 20.2 Å². The minimum atomic E-state index is -0.824. The topological polar surface area (TPSA) is 86.3 Å². The molecule has 0 N–H and O–H groups in total. The first kappa shape index (κ1) is 21.5. The van der Waals surface area contributed by atoms with Crippen molar-refractivity contribution in [1.29, 1.82) is 0 Å². The molecule has 0 aromatic heterocycles. The Balaban J connectivity index is 1.91. The van der Waals surface area contributed by atoms with Crippen molar-refractivity contribution >= 4 is 43.2 Å². The Bertz CT molecular complexity index is 1380. The number of halogens is 2. The molecule has 5 rings (SSSR count). The average molecular weight is 566 g/mol. The summed E-state index contributed by atoms with van der Waals surface area (Å²) in [4.78, 5) is 21.8. The van der Waals surface area contributed by atoms with Crippen LogP contribution in [0, 0.1) is 20.2 Å². The monoisotopic (exact) mass is 564 g/mol. The highest BCUT2D eigenvalue weighted by atomic mass is 79.9. The molecule has 0 spiro atoms. The zero-order valence-corrected chi connectivity index (χ0v) is 20.0. The standard InChI is InChI=1S/C25H14Br2N2O4/c26-17-13-21-20-3-1-2-4-22(20)25(24(21)23(27)14-17,15-5-9-18(10-6-15)28(30)31)16-7-11-19(12-8-16)29(32)33/h1-14H. The van der Waals surface area contributed by atoms with Crippen LogP contribution in [0.3, 0.4) is 0 Å². The second-order valence-corrected chi connectivity index (χ2v) is 9.48. The third-order valence-corrected chi connectivity index (χ3v) is 7.16. The number of hydrogen-bond donors (Lipinski definition) is 0. The van der Waals surface area contributed by atoms with Crippen LogP contribution in [-0.2, 0) is 5.41 Å². The van der Waals surface area contributed by atoms with Crippen LogP contribution in [0.5, 0.6) is 0 Å². The fourth-order valence-corrected chi connectivity index (χ4v) is 6.30. The highest BCUT2D eigenvalue weighted by Crippen LogP contribution is 2.58. The van der Waals surface area contributed by atoms with Crippen LogP contribution in [0.2, 0.25) is 0 Å². The SMILES string of the molecule is O=[N+]([O-])c1ccc(C2(c3ccc([N+](=O)[O-])cc3)c3ccccc3-c3cc(Br)cc(Br)c32)cc1. The molecule has 1 aliphatic carbocycles. The van der Waals surface area contributed by atoms with Crippen molar-refractivity contribution < 1.29 is 9.85 Å². The lowest BCUT2D eigenvalue weighted by Crippen LogP contribution is -2.29. The lowest BCUT2D eigenvalue weighted by atomic mass is 9.67. The van der Waals surface area contributed by atoms with Crippen molar-refractivity contribution in [2.75, 3.05) is 0 Å². The number of non-ortho nitro benzene ring substituents is 2. The Kier molecular flexibility index (Phi) is 5.14. The van der Waals surface area contributed by atoms with Crippen LogP contribution in [0.4, 0.5) is 11.4 Å². The number of hydrogen-bond acceptors (Lipinski definition) is 4. The van der Waals surface area contributed by atoms with Crippen LogP contribution in [0.15, 0.2) is 93.9 Å². The van der Waals surface area contributed by atoms with Crippen LogP contribution < -0.4 is 0 Å². The van der Waals surface area contributed by atoms with E-state index in [0.717, 1.165) is 42.3 Å². The maximum absolute atomic E-state index is 11.3. The molecule has 0 saturated carbocycles. The molecular weight excluding hydrogens is 552 g/mol. The molecule has 0 aliphatic heterocycles. The van der Waals surface area contributed by atoms with Crippen molar-refractivity contribution in [3.63, 3.8) is 0 Å². The summed E-state index contributed by atoms with van der Waals surface area (Å²) in [5.41, 5.74) is 4.87. The van der Waals surface area contributed by atoms with E-state index >= 15 is 0 Å². The third kappa shape index (κ3) is 3.20. The van der Waals surface area contributed by atoms with E-state index in [-0.39, 0.29) is 11.4 Å².